The molecule has 0 bridgehead atoms. The molecule has 119 heavy (non-hydrogen) atoms. The second-order valence-corrected chi connectivity index (χ2v) is 36.4. The van der Waals surface area contributed by atoms with E-state index in [2.05, 4.69) is 27.7 Å². The molecule has 10 N–H and O–H groups in total. The Bertz CT molecular complexity index is 2470. The molecule has 26 heteroatoms. The lowest BCUT2D eigenvalue weighted by molar-refractivity contribution is -0.360. The Morgan fingerprint density at radius 3 is 0.916 bits per heavy atom. The lowest BCUT2D eigenvalue weighted by atomic mass is 9.84. The maximum atomic E-state index is 14.9. The number of aliphatic hydroxyl groups is 9. The second-order valence-electron chi connectivity index (χ2n) is 35.0. The Morgan fingerprint density at radius 1 is 0.303 bits per heavy atom. The Hall–Kier alpha value is -2.53. The van der Waals surface area contributed by atoms with E-state index in [9.17, 15) is 74.6 Å². The fourth-order valence-corrected chi connectivity index (χ4v) is 17.3. The lowest BCUT2D eigenvalue weighted by Gasteiger charge is -2.50. The summed E-state index contributed by atoms with van der Waals surface area (Å²) in [7, 11) is -5.80. The van der Waals surface area contributed by atoms with Crippen molar-refractivity contribution in [2.45, 2.75) is 543 Å². The van der Waals surface area contributed by atoms with Crippen LogP contribution in [0.2, 0.25) is 0 Å². The van der Waals surface area contributed by atoms with Crippen molar-refractivity contribution in [3.63, 3.8) is 0 Å². The first kappa shape index (κ1) is 111. The summed E-state index contributed by atoms with van der Waals surface area (Å²) in [5.41, 5.74) is 0. The van der Waals surface area contributed by atoms with Gasteiger partial charge in [0, 0.05) is 25.7 Å². The van der Waals surface area contributed by atoms with Crippen LogP contribution in [-0.2, 0) is 70.7 Å². The van der Waals surface area contributed by atoms with Gasteiger partial charge in [-0.15, -0.1) is 0 Å². The van der Waals surface area contributed by atoms with E-state index in [1.807, 2.05) is 0 Å². The molecule has 0 aromatic heterocycles. The molecule has 0 amide bonds. The number of ether oxygens (including phenoxy) is 8. The lowest BCUT2D eigenvalue weighted by Crippen LogP contribution is -2.70. The van der Waals surface area contributed by atoms with Crippen molar-refractivity contribution in [3.8, 4) is 0 Å². The molecule has 18 unspecified atom stereocenters. The van der Waals surface area contributed by atoms with Gasteiger partial charge in [-0.2, -0.15) is 0 Å². The Kier molecular flexibility index (Phi) is 67.4. The van der Waals surface area contributed by atoms with Gasteiger partial charge < -0.3 is 88.7 Å². The van der Waals surface area contributed by atoms with E-state index in [-0.39, 0.29) is 25.7 Å². The summed E-state index contributed by atoms with van der Waals surface area (Å²) in [6, 6.07) is 0. The van der Waals surface area contributed by atoms with E-state index in [1.54, 1.807) is 0 Å². The van der Waals surface area contributed by atoms with Crippen molar-refractivity contribution in [3.05, 3.63) is 0 Å². The summed E-state index contributed by atoms with van der Waals surface area (Å²) in [6.45, 7) is 5.66. The summed E-state index contributed by atoms with van der Waals surface area (Å²) in [6.07, 6.45) is 30.7. The summed E-state index contributed by atoms with van der Waals surface area (Å²) in [4.78, 5) is 66.5. The Labute approximate surface area is 719 Å². The number of esters is 4. The first-order valence-corrected chi connectivity index (χ1v) is 50.3. The highest BCUT2D eigenvalue weighted by molar-refractivity contribution is 7.47. The zero-order valence-electron chi connectivity index (χ0n) is 74.9. The van der Waals surface area contributed by atoms with Crippen LogP contribution in [-0.4, -0.2) is 205 Å². The number of unbranched alkanes of at least 4 members (excludes halogenated alkanes) is 56. The third-order valence-electron chi connectivity index (χ3n) is 24.1. The third kappa shape index (κ3) is 52.4. The highest BCUT2D eigenvalue weighted by Crippen LogP contribution is 2.49. The minimum atomic E-state index is -5.80. The molecule has 1 saturated carbocycles. The van der Waals surface area contributed by atoms with E-state index in [0.717, 1.165) is 128 Å². The summed E-state index contributed by atoms with van der Waals surface area (Å²) < 4.78 is 73.6. The number of hydrogen-bond donors (Lipinski definition) is 10. The van der Waals surface area contributed by atoms with Crippen molar-refractivity contribution in [2.75, 3.05) is 26.4 Å². The van der Waals surface area contributed by atoms with Gasteiger partial charge in [-0.25, -0.2) is 4.57 Å². The summed E-state index contributed by atoms with van der Waals surface area (Å²) >= 11 is 0. The molecular weight excluding hydrogens is 1550 g/mol. The molecule has 2 saturated heterocycles. The average molecular weight is 1720 g/mol. The van der Waals surface area contributed by atoms with Crippen molar-refractivity contribution in [2.24, 2.45) is 0 Å². The van der Waals surface area contributed by atoms with Crippen molar-refractivity contribution in [1.82, 2.24) is 0 Å². The van der Waals surface area contributed by atoms with E-state index in [0.29, 0.717) is 32.1 Å². The normalized spacial score (nSPS) is 24.8. The van der Waals surface area contributed by atoms with E-state index >= 15 is 0 Å². The van der Waals surface area contributed by atoms with Gasteiger partial charge in [0.25, 0.3) is 0 Å². The average Bonchev–Trinajstić information content (AvgIpc) is 0.754. The fraction of sp³-hybridized carbons (Fsp3) is 0.957. The number of rotatable bonds is 80. The number of carbonyl (C=O) groups excluding carboxylic acids is 4. The number of phosphoric acid groups is 1. The van der Waals surface area contributed by atoms with Crippen LogP contribution in [0.5, 0.6) is 0 Å². The quantitative estimate of drug-likeness (QED) is 0.0117. The second kappa shape index (κ2) is 72.5. The van der Waals surface area contributed by atoms with Gasteiger partial charge in [0.15, 0.2) is 24.8 Å². The van der Waals surface area contributed by atoms with Gasteiger partial charge in [-0.3, -0.25) is 28.2 Å². The largest absolute Gasteiger partial charge is 0.472 e. The predicted molar refractivity (Wildman–Crippen MR) is 463 cm³/mol. The first-order chi connectivity index (χ1) is 57.7. The van der Waals surface area contributed by atoms with Gasteiger partial charge in [0.05, 0.1) is 13.2 Å². The smallest absolute Gasteiger partial charge is 0.463 e. The zero-order chi connectivity index (χ0) is 86.8. The van der Waals surface area contributed by atoms with Crippen LogP contribution in [0, 0.1) is 0 Å². The topological polar surface area (TPSA) is 380 Å². The number of carbonyl (C=O) groups is 4. The standard InChI is InChI=1S/C93H175O25P/c1-5-9-13-17-21-25-29-33-36-39-43-45-49-53-57-61-65-76(95)109-70-73(112-78(97)67-63-59-55-51-47-41-32-28-24-20-16-12-8-4)71-111-119(107,108)118-91-89(116-92-86(105)82(101)80(99)74(69-94)113-92)85(104)84(103)88(115-79(98)68-64-60-56-52-48-44-40-37-34-30-26-22-18-14-10-6-2)90(91)117-93-87(106)83(102)81(100)75(114-93)72-110-77(96)66-62-58-54-50-46-42-38-35-31-27-23-19-15-11-7-3/h73-75,80-94,99-106H,5-72H2,1-4H3,(H,107,108). The van der Waals surface area contributed by atoms with Gasteiger partial charge in [0.1, 0.15) is 92.6 Å². The fourth-order valence-electron chi connectivity index (χ4n) is 16.4. The molecule has 3 rings (SSSR count). The van der Waals surface area contributed by atoms with Crippen LogP contribution in [0.4, 0.5) is 0 Å². The van der Waals surface area contributed by atoms with E-state index in [4.69, 9.17) is 46.9 Å². The van der Waals surface area contributed by atoms with Gasteiger partial charge in [-0.1, -0.05) is 387 Å². The summed E-state index contributed by atoms with van der Waals surface area (Å²) in [5.74, 6) is -2.94. The van der Waals surface area contributed by atoms with Gasteiger partial charge in [0.2, 0.25) is 0 Å². The SMILES string of the molecule is CCCCCCCCCCCCCCCCCCC(=O)OCC(COP(=O)(O)OC1C(OC2OC(CO)C(O)C(O)C2O)C(O)C(O)C(OC(=O)CCCCCCCCCCCCCCCCCC)C1OC1OC(COC(=O)CCCCCCCCCCCCCCCCC)C(O)C(O)C1O)OC(=O)CCCCCCCCCCCCCCC. The monoisotopic (exact) mass is 1720 g/mol. The van der Waals surface area contributed by atoms with Gasteiger partial charge >= 0.3 is 31.7 Å². The number of hydrogen-bond acceptors (Lipinski definition) is 24. The summed E-state index contributed by atoms with van der Waals surface area (Å²) in [5, 5.41) is 102. The predicted octanol–water partition coefficient (Wildman–Crippen LogP) is 18.6. The van der Waals surface area contributed by atoms with Crippen molar-refractivity contribution in [1.29, 1.82) is 0 Å². The van der Waals surface area contributed by atoms with Crippen LogP contribution in [0.3, 0.4) is 0 Å². The minimum absolute atomic E-state index is 0.0204. The molecule has 0 aromatic carbocycles. The molecule has 3 fully saturated rings. The van der Waals surface area contributed by atoms with Crippen LogP contribution < -0.4 is 0 Å². The highest BCUT2D eigenvalue weighted by atomic mass is 31.2. The Morgan fingerprint density at radius 2 is 0.580 bits per heavy atom. The van der Waals surface area contributed by atoms with Crippen LogP contribution in [0.25, 0.3) is 0 Å². The molecule has 0 spiro atoms. The first-order valence-electron chi connectivity index (χ1n) is 48.8. The highest BCUT2D eigenvalue weighted by Gasteiger charge is 2.60. The maximum Gasteiger partial charge on any atom is 0.472 e. The van der Waals surface area contributed by atoms with Crippen molar-refractivity contribution >= 4 is 31.7 Å². The molecular formula is C93H175O25P. The molecule has 3 aliphatic rings. The molecule has 1 aliphatic carbocycles. The number of aliphatic hydroxyl groups excluding tert-OH is 9. The molecule has 0 aromatic rings. The Balaban J connectivity index is 1.90. The zero-order valence-corrected chi connectivity index (χ0v) is 75.8. The third-order valence-corrected chi connectivity index (χ3v) is 25.1. The van der Waals surface area contributed by atoms with Crippen LogP contribution in [0.1, 0.15) is 439 Å². The molecule has 18 atom stereocenters. The molecule has 702 valence electrons. The molecule has 2 heterocycles. The van der Waals surface area contributed by atoms with E-state index < -0.39 is 162 Å². The molecule has 2 aliphatic heterocycles. The van der Waals surface area contributed by atoms with Crippen LogP contribution >= 0.6 is 7.82 Å². The van der Waals surface area contributed by atoms with Gasteiger partial charge in [-0.05, 0) is 25.7 Å². The molecule has 25 nitrogen and oxygen atoms in total. The minimum Gasteiger partial charge on any atom is -0.463 e. The molecule has 0 radical (unpaired) electrons. The number of phosphoric ester groups is 1. The van der Waals surface area contributed by atoms with E-state index in [1.165, 1.54) is 225 Å². The van der Waals surface area contributed by atoms with Crippen LogP contribution in [0.15, 0.2) is 0 Å². The maximum absolute atomic E-state index is 14.9. The van der Waals surface area contributed by atoms with Crippen molar-refractivity contribution < 1.29 is 122 Å².